The first-order chi connectivity index (χ1) is 5.90. The van der Waals surface area contributed by atoms with Crippen LogP contribution in [-0.2, 0) is 0 Å². The van der Waals surface area contributed by atoms with Crippen LogP contribution in [0.5, 0.6) is 0 Å². The van der Waals surface area contributed by atoms with Crippen molar-refractivity contribution in [3.63, 3.8) is 0 Å². The Morgan fingerprint density at radius 2 is 2.08 bits per heavy atom. The van der Waals surface area contributed by atoms with Gasteiger partial charge in [-0.25, -0.2) is 4.79 Å². The Morgan fingerprint density at radius 3 is 2.38 bits per heavy atom. The summed E-state index contributed by atoms with van der Waals surface area (Å²) in [6.45, 7) is 8.71. The number of rotatable bonds is 2. The summed E-state index contributed by atoms with van der Waals surface area (Å²) in [6, 6.07) is -0.104. The van der Waals surface area contributed by atoms with Gasteiger partial charge in [0.1, 0.15) is 0 Å². The Hall–Kier alpha value is -1.17. The molecule has 0 saturated heterocycles. The van der Waals surface area contributed by atoms with E-state index in [-0.39, 0.29) is 11.6 Å². The van der Waals surface area contributed by atoms with Crippen molar-refractivity contribution in [2.75, 3.05) is 13.1 Å². The average molecular weight is 182 g/mol. The number of hydrogen-bond acceptors (Lipinski definition) is 1. The molecule has 0 aliphatic heterocycles. The largest absolute Gasteiger partial charge is 0.333 e. The zero-order chi connectivity index (χ0) is 10.5. The van der Waals surface area contributed by atoms with Crippen molar-refractivity contribution < 1.29 is 4.79 Å². The van der Waals surface area contributed by atoms with Gasteiger partial charge in [0, 0.05) is 12.1 Å². The zero-order valence-corrected chi connectivity index (χ0v) is 8.85. The minimum atomic E-state index is -0.209. The van der Waals surface area contributed by atoms with E-state index >= 15 is 0 Å². The van der Waals surface area contributed by atoms with E-state index in [1.165, 1.54) is 0 Å². The molecule has 0 aromatic carbocycles. The average Bonchev–Trinajstić information content (AvgIpc) is 1.96. The lowest BCUT2D eigenvalue weighted by atomic mass is 10.1. The lowest BCUT2D eigenvalue weighted by Gasteiger charge is -2.26. The van der Waals surface area contributed by atoms with Crippen molar-refractivity contribution in [3.8, 4) is 12.3 Å². The molecule has 0 aliphatic carbocycles. The molecule has 0 atom stereocenters. The second-order valence-electron chi connectivity index (χ2n) is 3.90. The standard InChI is InChI=1S/C10H18N2O/c1-6-8-12(7-2)9(13)11-10(3,4)5/h1H,7-8H2,2-5H3,(H,11,13). The molecule has 0 heterocycles. The van der Waals surface area contributed by atoms with Crippen LogP contribution >= 0.6 is 0 Å². The molecule has 0 bridgehead atoms. The Kier molecular flexibility index (Phi) is 4.33. The predicted molar refractivity (Wildman–Crippen MR) is 54.4 cm³/mol. The highest BCUT2D eigenvalue weighted by Gasteiger charge is 2.17. The molecule has 74 valence electrons. The molecule has 0 rings (SSSR count). The van der Waals surface area contributed by atoms with Crippen LogP contribution in [0.4, 0.5) is 4.79 Å². The molecule has 0 fully saturated rings. The zero-order valence-electron chi connectivity index (χ0n) is 8.85. The molecule has 13 heavy (non-hydrogen) atoms. The van der Waals surface area contributed by atoms with Gasteiger partial charge >= 0.3 is 6.03 Å². The maximum Gasteiger partial charge on any atom is 0.318 e. The topological polar surface area (TPSA) is 32.3 Å². The van der Waals surface area contributed by atoms with Gasteiger partial charge in [-0.3, -0.25) is 0 Å². The van der Waals surface area contributed by atoms with Crippen LogP contribution in [-0.4, -0.2) is 29.6 Å². The highest BCUT2D eigenvalue weighted by molar-refractivity contribution is 5.75. The van der Waals surface area contributed by atoms with Gasteiger partial charge in [-0.2, -0.15) is 0 Å². The SMILES string of the molecule is C#CCN(CC)C(=O)NC(C)(C)C. The summed E-state index contributed by atoms with van der Waals surface area (Å²) in [4.78, 5) is 13.1. The van der Waals surface area contributed by atoms with Gasteiger partial charge in [-0.1, -0.05) is 5.92 Å². The van der Waals surface area contributed by atoms with E-state index in [0.29, 0.717) is 13.1 Å². The Bertz CT molecular complexity index is 210. The Labute approximate surface area is 80.5 Å². The Morgan fingerprint density at radius 1 is 1.54 bits per heavy atom. The Balaban J connectivity index is 4.16. The van der Waals surface area contributed by atoms with Gasteiger partial charge in [-0.15, -0.1) is 6.42 Å². The summed E-state index contributed by atoms with van der Waals surface area (Å²) < 4.78 is 0. The number of terminal acetylenes is 1. The minimum Gasteiger partial charge on any atom is -0.333 e. The van der Waals surface area contributed by atoms with Gasteiger partial charge < -0.3 is 10.2 Å². The van der Waals surface area contributed by atoms with Crippen molar-refractivity contribution in [2.24, 2.45) is 0 Å². The number of carbonyl (C=O) groups excluding carboxylic acids is 1. The fraction of sp³-hybridized carbons (Fsp3) is 0.700. The minimum absolute atomic E-state index is 0.104. The molecule has 0 aliphatic rings. The fourth-order valence-electron chi connectivity index (χ4n) is 0.837. The van der Waals surface area contributed by atoms with Gasteiger partial charge in [0.05, 0.1) is 6.54 Å². The summed E-state index contributed by atoms with van der Waals surface area (Å²) in [6.07, 6.45) is 5.13. The lowest BCUT2D eigenvalue weighted by molar-refractivity contribution is 0.197. The van der Waals surface area contributed by atoms with Crippen LogP contribution < -0.4 is 5.32 Å². The molecule has 0 aromatic rings. The second kappa shape index (κ2) is 4.76. The van der Waals surface area contributed by atoms with Gasteiger partial charge in [-0.05, 0) is 27.7 Å². The fourth-order valence-corrected chi connectivity index (χ4v) is 0.837. The van der Waals surface area contributed by atoms with Crippen LogP contribution in [0.15, 0.2) is 0 Å². The van der Waals surface area contributed by atoms with E-state index in [2.05, 4.69) is 11.2 Å². The third kappa shape index (κ3) is 5.13. The number of nitrogens with zero attached hydrogens (tertiary/aromatic N) is 1. The summed E-state index contributed by atoms with van der Waals surface area (Å²) in [5, 5.41) is 2.85. The van der Waals surface area contributed by atoms with E-state index in [0.717, 1.165) is 0 Å². The summed E-state index contributed by atoms with van der Waals surface area (Å²) in [5.41, 5.74) is -0.209. The van der Waals surface area contributed by atoms with Crippen molar-refractivity contribution in [1.82, 2.24) is 10.2 Å². The maximum absolute atomic E-state index is 11.5. The first-order valence-corrected chi connectivity index (χ1v) is 4.41. The maximum atomic E-state index is 11.5. The van der Waals surface area contributed by atoms with Crippen LogP contribution in [0.1, 0.15) is 27.7 Å². The van der Waals surface area contributed by atoms with Crippen LogP contribution in [0.2, 0.25) is 0 Å². The number of urea groups is 1. The quantitative estimate of drug-likeness (QED) is 0.644. The molecular formula is C10H18N2O. The number of amides is 2. The number of carbonyl (C=O) groups is 1. The lowest BCUT2D eigenvalue weighted by Crippen LogP contribution is -2.48. The second-order valence-corrected chi connectivity index (χ2v) is 3.90. The third-order valence-electron chi connectivity index (χ3n) is 1.43. The van der Waals surface area contributed by atoms with E-state index < -0.39 is 0 Å². The van der Waals surface area contributed by atoms with E-state index in [9.17, 15) is 4.79 Å². The molecule has 0 aromatic heterocycles. The monoisotopic (exact) mass is 182 g/mol. The molecule has 0 unspecified atom stereocenters. The van der Waals surface area contributed by atoms with E-state index in [1.54, 1.807) is 4.90 Å². The van der Waals surface area contributed by atoms with Crippen molar-refractivity contribution >= 4 is 6.03 Å². The molecule has 3 nitrogen and oxygen atoms in total. The highest BCUT2D eigenvalue weighted by Crippen LogP contribution is 2.00. The third-order valence-corrected chi connectivity index (χ3v) is 1.43. The van der Waals surface area contributed by atoms with Crippen molar-refractivity contribution in [2.45, 2.75) is 33.2 Å². The van der Waals surface area contributed by atoms with Crippen LogP contribution in [0.25, 0.3) is 0 Å². The summed E-state index contributed by atoms with van der Waals surface area (Å²) in [5.74, 6) is 2.45. The summed E-state index contributed by atoms with van der Waals surface area (Å²) in [7, 11) is 0. The first kappa shape index (κ1) is 11.8. The van der Waals surface area contributed by atoms with Crippen molar-refractivity contribution in [3.05, 3.63) is 0 Å². The highest BCUT2D eigenvalue weighted by atomic mass is 16.2. The van der Waals surface area contributed by atoms with Crippen LogP contribution in [0.3, 0.4) is 0 Å². The van der Waals surface area contributed by atoms with E-state index in [1.807, 2.05) is 27.7 Å². The first-order valence-electron chi connectivity index (χ1n) is 4.41. The molecule has 0 radical (unpaired) electrons. The predicted octanol–water partition coefficient (Wildman–Crippen LogP) is 1.45. The summed E-state index contributed by atoms with van der Waals surface area (Å²) >= 11 is 0. The molecule has 0 saturated carbocycles. The smallest absolute Gasteiger partial charge is 0.318 e. The molecule has 3 heteroatoms. The molecular weight excluding hydrogens is 164 g/mol. The van der Waals surface area contributed by atoms with Crippen molar-refractivity contribution in [1.29, 1.82) is 0 Å². The normalized spacial score (nSPS) is 10.4. The molecule has 1 N–H and O–H groups in total. The van der Waals surface area contributed by atoms with E-state index in [4.69, 9.17) is 6.42 Å². The van der Waals surface area contributed by atoms with Crippen LogP contribution in [0, 0.1) is 12.3 Å². The van der Waals surface area contributed by atoms with Gasteiger partial charge in [0.25, 0.3) is 0 Å². The van der Waals surface area contributed by atoms with Gasteiger partial charge in [0.15, 0.2) is 0 Å². The number of nitrogens with one attached hydrogen (secondary N) is 1. The van der Waals surface area contributed by atoms with Gasteiger partial charge in [0.2, 0.25) is 0 Å². The number of hydrogen-bond donors (Lipinski definition) is 1. The molecule has 2 amide bonds. The molecule has 0 spiro atoms.